The van der Waals surface area contributed by atoms with Crippen LogP contribution < -0.4 is 16.0 Å². The summed E-state index contributed by atoms with van der Waals surface area (Å²) in [4.78, 5) is 5.07. The maximum Gasteiger partial charge on any atom is 0.161 e. The molecule has 0 spiro atoms. The van der Waals surface area contributed by atoms with Crippen molar-refractivity contribution in [2.24, 2.45) is 5.73 Å². The number of benzene rings is 1. The van der Waals surface area contributed by atoms with Crippen molar-refractivity contribution in [3.05, 3.63) is 23.8 Å². The van der Waals surface area contributed by atoms with Gasteiger partial charge in [-0.15, -0.1) is 0 Å². The molecule has 0 radical (unpaired) electrons. The van der Waals surface area contributed by atoms with Crippen LogP contribution in [0.4, 0.5) is 5.69 Å². The van der Waals surface area contributed by atoms with Crippen molar-refractivity contribution >= 4 is 5.69 Å². The lowest BCUT2D eigenvalue weighted by Gasteiger charge is -2.08. The average molecular weight is 210 g/mol. The number of aliphatic hydroxyl groups excluding tert-OH is 1. The number of nitrogens with two attached hydrogens (primary N) is 1. The normalized spacial score (nSPS) is 18.4. The number of ether oxygens (including phenoxy) is 1. The Bertz CT molecular complexity index is 343. The molecule has 0 unspecified atom stereocenters. The van der Waals surface area contributed by atoms with Crippen molar-refractivity contribution in [3.8, 4) is 5.75 Å². The van der Waals surface area contributed by atoms with Gasteiger partial charge in [-0.05, 0) is 6.07 Å². The van der Waals surface area contributed by atoms with Crippen LogP contribution in [0.15, 0.2) is 18.2 Å². The zero-order valence-corrected chi connectivity index (χ0v) is 8.27. The second-order valence-electron chi connectivity index (χ2n) is 3.29. The van der Waals surface area contributed by atoms with Gasteiger partial charge in [0.15, 0.2) is 6.23 Å². The van der Waals surface area contributed by atoms with E-state index in [0.717, 1.165) is 11.3 Å². The highest BCUT2D eigenvalue weighted by Crippen LogP contribution is 2.36. The summed E-state index contributed by atoms with van der Waals surface area (Å²) < 4.78 is 5.48. The van der Waals surface area contributed by atoms with Crippen LogP contribution >= 0.6 is 0 Å². The molecular weight excluding hydrogens is 196 g/mol. The average Bonchev–Trinajstić information content (AvgIpc) is 2.62. The van der Waals surface area contributed by atoms with Gasteiger partial charge in [-0.3, -0.25) is 10.3 Å². The second-order valence-corrected chi connectivity index (χ2v) is 3.29. The summed E-state index contributed by atoms with van der Waals surface area (Å²) in [5.74, 6) is 0.703. The molecule has 1 aromatic carbocycles. The summed E-state index contributed by atoms with van der Waals surface area (Å²) >= 11 is 0. The molecule has 0 fully saturated rings. The minimum absolute atomic E-state index is 0.123. The van der Waals surface area contributed by atoms with Crippen LogP contribution in [-0.2, 0) is 4.84 Å². The molecule has 0 saturated heterocycles. The van der Waals surface area contributed by atoms with Gasteiger partial charge in [-0.2, -0.15) is 0 Å². The molecule has 1 aromatic rings. The van der Waals surface area contributed by atoms with Gasteiger partial charge < -0.3 is 15.6 Å². The zero-order chi connectivity index (χ0) is 10.7. The van der Waals surface area contributed by atoms with E-state index in [9.17, 15) is 0 Å². The predicted octanol–water partition coefficient (Wildman–Crippen LogP) is 0.762. The Labute approximate surface area is 87.8 Å². The van der Waals surface area contributed by atoms with Crippen molar-refractivity contribution < 1.29 is 14.7 Å². The molecule has 1 heterocycles. The smallest absolute Gasteiger partial charge is 0.161 e. The number of anilines is 1. The molecule has 15 heavy (non-hydrogen) atoms. The fourth-order valence-corrected chi connectivity index (χ4v) is 1.45. The van der Waals surface area contributed by atoms with Gasteiger partial charge in [0.05, 0.1) is 6.61 Å². The summed E-state index contributed by atoms with van der Waals surface area (Å²) in [6.07, 6.45) is 0.165. The Hall–Kier alpha value is -1.30. The molecule has 5 nitrogen and oxygen atoms in total. The van der Waals surface area contributed by atoms with Crippen LogP contribution in [0.2, 0.25) is 0 Å². The summed E-state index contributed by atoms with van der Waals surface area (Å²) in [7, 11) is 0. The fraction of sp³-hybridized carbons (Fsp3) is 0.400. The number of rotatable bonds is 4. The lowest BCUT2D eigenvalue weighted by Crippen LogP contribution is -2.08. The van der Waals surface area contributed by atoms with E-state index >= 15 is 0 Å². The highest BCUT2D eigenvalue weighted by atomic mass is 16.7. The number of aliphatic hydroxyl groups is 1. The Morgan fingerprint density at radius 1 is 1.53 bits per heavy atom. The van der Waals surface area contributed by atoms with E-state index in [2.05, 4.69) is 5.48 Å². The number of hydrogen-bond acceptors (Lipinski definition) is 5. The molecule has 0 bridgehead atoms. The molecule has 0 aliphatic carbocycles. The van der Waals surface area contributed by atoms with Crippen LogP contribution in [0.3, 0.4) is 0 Å². The second kappa shape index (κ2) is 4.48. The largest absolute Gasteiger partial charge is 0.491 e. The molecule has 5 heteroatoms. The zero-order valence-electron chi connectivity index (χ0n) is 8.27. The third-order valence-electron chi connectivity index (χ3n) is 2.21. The highest BCUT2D eigenvalue weighted by Gasteiger charge is 2.22. The highest BCUT2D eigenvalue weighted by molar-refractivity contribution is 5.63. The minimum atomic E-state index is -0.443. The third kappa shape index (κ3) is 2.04. The van der Waals surface area contributed by atoms with Crippen LogP contribution in [0.1, 0.15) is 18.2 Å². The van der Waals surface area contributed by atoms with Gasteiger partial charge in [-0.1, -0.05) is 12.1 Å². The Morgan fingerprint density at radius 3 is 3.20 bits per heavy atom. The lowest BCUT2D eigenvalue weighted by molar-refractivity contribution is 0.127. The summed E-state index contributed by atoms with van der Waals surface area (Å²) in [6, 6.07) is 5.59. The predicted molar refractivity (Wildman–Crippen MR) is 55.3 cm³/mol. The first kappa shape index (κ1) is 10.2. The fourth-order valence-electron chi connectivity index (χ4n) is 1.45. The molecule has 82 valence electrons. The van der Waals surface area contributed by atoms with Crippen molar-refractivity contribution in [2.75, 3.05) is 18.7 Å². The topological polar surface area (TPSA) is 76.7 Å². The van der Waals surface area contributed by atoms with Crippen molar-refractivity contribution in [3.63, 3.8) is 0 Å². The molecule has 1 aliphatic heterocycles. The van der Waals surface area contributed by atoms with E-state index in [1.54, 1.807) is 0 Å². The molecule has 0 saturated carbocycles. The van der Waals surface area contributed by atoms with Crippen LogP contribution in [0.25, 0.3) is 0 Å². The summed E-state index contributed by atoms with van der Waals surface area (Å²) in [6.45, 7) is 0.600. The van der Waals surface area contributed by atoms with Gasteiger partial charge >= 0.3 is 0 Å². The van der Waals surface area contributed by atoms with E-state index in [1.165, 1.54) is 0 Å². The van der Waals surface area contributed by atoms with E-state index < -0.39 is 6.23 Å². The molecule has 4 N–H and O–H groups in total. The standard InChI is InChI=1S/C10H14N2O3/c11-10-7-3-1-4-8(9(7)12-15-10)14-6-2-5-13/h1,3-4,10,12-13H,2,5-6,11H2/t10-/m0/s1. The van der Waals surface area contributed by atoms with E-state index in [0.29, 0.717) is 18.8 Å². The van der Waals surface area contributed by atoms with Crippen molar-refractivity contribution in [1.82, 2.24) is 0 Å². The first-order chi connectivity index (χ1) is 7.33. The molecular formula is C10H14N2O3. The van der Waals surface area contributed by atoms with Crippen LogP contribution in [-0.4, -0.2) is 18.3 Å². The van der Waals surface area contributed by atoms with E-state index in [4.69, 9.17) is 20.4 Å². The lowest BCUT2D eigenvalue weighted by atomic mass is 10.1. The maximum atomic E-state index is 8.64. The molecule has 2 rings (SSSR count). The van der Waals surface area contributed by atoms with Crippen molar-refractivity contribution in [1.29, 1.82) is 0 Å². The first-order valence-corrected chi connectivity index (χ1v) is 4.86. The monoisotopic (exact) mass is 210 g/mol. The Balaban J connectivity index is 2.12. The number of nitrogens with one attached hydrogen (secondary N) is 1. The van der Waals surface area contributed by atoms with Gasteiger partial charge in [0.1, 0.15) is 11.4 Å². The van der Waals surface area contributed by atoms with Crippen molar-refractivity contribution in [2.45, 2.75) is 12.6 Å². The van der Waals surface area contributed by atoms with Gasteiger partial charge in [0.2, 0.25) is 0 Å². The van der Waals surface area contributed by atoms with E-state index in [-0.39, 0.29) is 6.61 Å². The number of para-hydroxylation sites is 1. The van der Waals surface area contributed by atoms with Crippen LogP contribution in [0.5, 0.6) is 5.75 Å². The third-order valence-corrected chi connectivity index (χ3v) is 2.21. The van der Waals surface area contributed by atoms with Crippen LogP contribution in [0, 0.1) is 0 Å². The van der Waals surface area contributed by atoms with Gasteiger partial charge in [-0.25, -0.2) is 0 Å². The van der Waals surface area contributed by atoms with E-state index in [1.807, 2.05) is 18.2 Å². The van der Waals surface area contributed by atoms with Gasteiger partial charge in [0, 0.05) is 18.6 Å². The number of fused-ring (bicyclic) bond motifs is 1. The quantitative estimate of drug-likeness (QED) is 0.640. The summed E-state index contributed by atoms with van der Waals surface area (Å²) in [5.41, 5.74) is 10.1. The molecule has 1 aliphatic rings. The summed E-state index contributed by atoms with van der Waals surface area (Å²) in [5, 5.41) is 8.64. The Morgan fingerprint density at radius 2 is 2.40 bits per heavy atom. The first-order valence-electron chi connectivity index (χ1n) is 4.86. The van der Waals surface area contributed by atoms with Gasteiger partial charge in [0.25, 0.3) is 0 Å². The molecule has 0 aromatic heterocycles. The Kier molecular flexibility index (Phi) is 3.05. The molecule has 0 amide bonds. The SMILES string of the molecule is N[C@H]1ONc2c(OCCCO)cccc21. The molecule has 1 atom stereocenters. The minimum Gasteiger partial charge on any atom is -0.491 e. The number of hydrogen-bond donors (Lipinski definition) is 3. The maximum absolute atomic E-state index is 8.64.